The molecule has 0 radical (unpaired) electrons. The molecule has 5 nitrogen and oxygen atoms in total. The molecule has 1 unspecified atom stereocenters. The Bertz CT molecular complexity index is 211. The van der Waals surface area contributed by atoms with Crippen molar-refractivity contribution in [2.75, 3.05) is 32.9 Å². The number of urea groups is 1. The van der Waals surface area contributed by atoms with E-state index in [9.17, 15) is 9.90 Å². The van der Waals surface area contributed by atoms with Crippen LogP contribution in [0.3, 0.4) is 0 Å². The molecule has 1 fully saturated rings. The van der Waals surface area contributed by atoms with Crippen molar-refractivity contribution in [1.82, 2.24) is 10.2 Å². The Kier molecular flexibility index (Phi) is 4.35. The van der Waals surface area contributed by atoms with Crippen LogP contribution in [-0.2, 0) is 4.74 Å². The molecule has 2 N–H and O–H groups in total. The van der Waals surface area contributed by atoms with Gasteiger partial charge in [0, 0.05) is 13.1 Å². The van der Waals surface area contributed by atoms with Crippen molar-refractivity contribution in [3.05, 3.63) is 0 Å². The molecule has 1 heterocycles. The van der Waals surface area contributed by atoms with E-state index in [4.69, 9.17) is 4.74 Å². The highest BCUT2D eigenvalue weighted by atomic mass is 16.5. The number of carbonyl (C=O) groups is 1. The van der Waals surface area contributed by atoms with Crippen molar-refractivity contribution in [3.8, 4) is 0 Å². The first-order chi connectivity index (χ1) is 7.11. The smallest absolute Gasteiger partial charge is 0.318 e. The summed E-state index contributed by atoms with van der Waals surface area (Å²) >= 11 is 0. The maximum Gasteiger partial charge on any atom is 0.318 e. The highest BCUT2D eigenvalue weighted by Crippen LogP contribution is 2.09. The average Bonchev–Trinajstić information content (AvgIpc) is 2.30. The highest BCUT2D eigenvalue weighted by Gasteiger charge is 2.26. The third-order valence-corrected chi connectivity index (χ3v) is 2.84. The SMILES string of the molecule is CCC(C)(CO)NC(=O)N1CCOCC1. The Morgan fingerprint density at radius 2 is 2.13 bits per heavy atom. The molecule has 1 aliphatic rings. The van der Waals surface area contributed by atoms with Crippen LogP contribution in [-0.4, -0.2) is 54.5 Å². The molecular weight excluding hydrogens is 196 g/mol. The molecule has 0 bridgehead atoms. The molecule has 0 saturated carbocycles. The first-order valence-corrected chi connectivity index (χ1v) is 5.37. The van der Waals surface area contributed by atoms with Gasteiger partial charge in [-0.2, -0.15) is 0 Å². The lowest BCUT2D eigenvalue weighted by Gasteiger charge is -2.33. The van der Waals surface area contributed by atoms with Gasteiger partial charge in [0.1, 0.15) is 0 Å². The number of nitrogens with zero attached hydrogens (tertiary/aromatic N) is 1. The minimum atomic E-state index is -0.518. The largest absolute Gasteiger partial charge is 0.394 e. The van der Waals surface area contributed by atoms with E-state index in [-0.39, 0.29) is 12.6 Å². The van der Waals surface area contributed by atoms with Gasteiger partial charge in [-0.25, -0.2) is 4.79 Å². The zero-order valence-corrected chi connectivity index (χ0v) is 9.45. The van der Waals surface area contributed by atoms with Crippen molar-refractivity contribution in [1.29, 1.82) is 0 Å². The molecule has 0 spiro atoms. The summed E-state index contributed by atoms with van der Waals surface area (Å²) < 4.78 is 5.16. The first-order valence-electron chi connectivity index (χ1n) is 5.37. The van der Waals surface area contributed by atoms with Gasteiger partial charge < -0.3 is 20.1 Å². The molecule has 1 saturated heterocycles. The van der Waals surface area contributed by atoms with Crippen molar-refractivity contribution in [3.63, 3.8) is 0 Å². The normalized spacial score (nSPS) is 20.9. The lowest BCUT2D eigenvalue weighted by atomic mass is 10.0. The van der Waals surface area contributed by atoms with Crippen LogP contribution in [0.25, 0.3) is 0 Å². The average molecular weight is 216 g/mol. The minimum absolute atomic E-state index is 0.0421. The van der Waals surface area contributed by atoms with Gasteiger partial charge in [-0.3, -0.25) is 0 Å². The molecule has 1 rings (SSSR count). The standard InChI is InChI=1S/C10H20N2O3/c1-3-10(2,8-13)11-9(14)12-4-6-15-7-5-12/h13H,3-8H2,1-2H3,(H,11,14). The molecule has 88 valence electrons. The molecule has 5 heteroatoms. The Morgan fingerprint density at radius 1 is 1.53 bits per heavy atom. The second-order valence-corrected chi connectivity index (χ2v) is 4.10. The molecule has 0 aliphatic carbocycles. The van der Waals surface area contributed by atoms with Gasteiger partial charge in [0.2, 0.25) is 0 Å². The maximum absolute atomic E-state index is 11.8. The number of hydrogen-bond acceptors (Lipinski definition) is 3. The Labute approximate surface area is 90.4 Å². The van der Waals surface area contributed by atoms with E-state index in [0.29, 0.717) is 32.7 Å². The summed E-state index contributed by atoms with van der Waals surface area (Å²) in [5.74, 6) is 0. The fourth-order valence-corrected chi connectivity index (χ4v) is 1.34. The quantitative estimate of drug-likeness (QED) is 0.708. The third kappa shape index (κ3) is 3.35. The number of morpholine rings is 1. The zero-order chi connectivity index (χ0) is 11.3. The van der Waals surface area contributed by atoms with Gasteiger partial charge in [0.25, 0.3) is 0 Å². The van der Waals surface area contributed by atoms with Crippen LogP contribution in [0.5, 0.6) is 0 Å². The first kappa shape index (κ1) is 12.3. The molecule has 1 aliphatic heterocycles. The van der Waals surface area contributed by atoms with Crippen LogP contribution >= 0.6 is 0 Å². The fourth-order valence-electron chi connectivity index (χ4n) is 1.34. The number of hydrogen-bond donors (Lipinski definition) is 2. The van der Waals surface area contributed by atoms with Crippen LogP contribution < -0.4 is 5.32 Å². The molecule has 0 aromatic carbocycles. The van der Waals surface area contributed by atoms with Gasteiger partial charge in [-0.15, -0.1) is 0 Å². The predicted octanol–water partition coefficient (Wildman–Crippen LogP) is 0.189. The Balaban J connectivity index is 2.46. The molecule has 1 atom stereocenters. The number of ether oxygens (including phenoxy) is 1. The highest BCUT2D eigenvalue weighted by molar-refractivity contribution is 5.75. The van der Waals surface area contributed by atoms with Crippen molar-refractivity contribution < 1.29 is 14.6 Å². The monoisotopic (exact) mass is 216 g/mol. The summed E-state index contributed by atoms with van der Waals surface area (Å²) in [7, 11) is 0. The summed E-state index contributed by atoms with van der Waals surface area (Å²) in [4.78, 5) is 13.5. The summed E-state index contributed by atoms with van der Waals surface area (Å²) in [6, 6.07) is -0.114. The second-order valence-electron chi connectivity index (χ2n) is 4.10. The van der Waals surface area contributed by atoms with Crippen molar-refractivity contribution in [2.45, 2.75) is 25.8 Å². The zero-order valence-electron chi connectivity index (χ0n) is 9.45. The summed E-state index contributed by atoms with van der Waals surface area (Å²) in [6.07, 6.45) is 0.708. The van der Waals surface area contributed by atoms with Gasteiger partial charge >= 0.3 is 6.03 Å². The van der Waals surface area contributed by atoms with Gasteiger partial charge in [-0.05, 0) is 13.3 Å². The van der Waals surface area contributed by atoms with Crippen LogP contribution in [0.15, 0.2) is 0 Å². The van der Waals surface area contributed by atoms with Crippen LogP contribution in [0.2, 0.25) is 0 Å². The predicted molar refractivity (Wildman–Crippen MR) is 56.7 cm³/mol. The maximum atomic E-state index is 11.8. The van der Waals surface area contributed by atoms with Crippen molar-refractivity contribution in [2.24, 2.45) is 0 Å². The molecule has 0 aromatic heterocycles. The van der Waals surface area contributed by atoms with Crippen LogP contribution in [0, 0.1) is 0 Å². The number of amides is 2. The fraction of sp³-hybridized carbons (Fsp3) is 0.900. The van der Waals surface area contributed by atoms with E-state index in [0.717, 1.165) is 0 Å². The topological polar surface area (TPSA) is 61.8 Å². The Morgan fingerprint density at radius 3 is 2.60 bits per heavy atom. The number of rotatable bonds is 3. The number of aliphatic hydroxyl groups is 1. The van der Waals surface area contributed by atoms with Crippen molar-refractivity contribution >= 4 is 6.03 Å². The van der Waals surface area contributed by atoms with Crippen LogP contribution in [0.4, 0.5) is 4.79 Å². The second kappa shape index (κ2) is 5.32. The van der Waals surface area contributed by atoms with Gasteiger partial charge in [-0.1, -0.05) is 6.92 Å². The third-order valence-electron chi connectivity index (χ3n) is 2.84. The van der Waals surface area contributed by atoms with Gasteiger partial charge in [0.05, 0.1) is 25.4 Å². The number of nitrogens with one attached hydrogen (secondary N) is 1. The van der Waals surface area contributed by atoms with E-state index in [1.165, 1.54) is 0 Å². The minimum Gasteiger partial charge on any atom is -0.394 e. The summed E-state index contributed by atoms with van der Waals surface area (Å²) in [5.41, 5.74) is -0.518. The lowest BCUT2D eigenvalue weighted by molar-refractivity contribution is 0.0492. The molecule has 2 amide bonds. The van der Waals surface area contributed by atoms with E-state index < -0.39 is 5.54 Å². The molecule has 0 aromatic rings. The van der Waals surface area contributed by atoms with E-state index in [1.54, 1.807) is 4.90 Å². The van der Waals surface area contributed by atoms with E-state index >= 15 is 0 Å². The van der Waals surface area contributed by atoms with E-state index in [1.807, 2.05) is 13.8 Å². The number of carbonyl (C=O) groups excluding carboxylic acids is 1. The molecular formula is C10H20N2O3. The summed E-state index contributed by atoms with van der Waals surface area (Å²) in [6.45, 7) is 6.17. The van der Waals surface area contributed by atoms with E-state index in [2.05, 4.69) is 5.32 Å². The summed E-state index contributed by atoms with van der Waals surface area (Å²) in [5, 5.41) is 12.0. The lowest BCUT2D eigenvalue weighted by Crippen LogP contribution is -2.55. The number of aliphatic hydroxyl groups excluding tert-OH is 1. The van der Waals surface area contributed by atoms with Crippen LogP contribution in [0.1, 0.15) is 20.3 Å². The molecule has 15 heavy (non-hydrogen) atoms. The van der Waals surface area contributed by atoms with Gasteiger partial charge in [0.15, 0.2) is 0 Å². The Hall–Kier alpha value is -0.810.